The van der Waals surface area contributed by atoms with Crippen LogP contribution in [0.3, 0.4) is 0 Å². The van der Waals surface area contributed by atoms with Gasteiger partial charge in [0.25, 0.3) is 0 Å². The predicted molar refractivity (Wildman–Crippen MR) is 115 cm³/mol. The summed E-state index contributed by atoms with van der Waals surface area (Å²) in [5.74, 6) is 0.707. The Morgan fingerprint density at radius 2 is 1.40 bits per heavy atom. The number of methoxy groups -OCH3 is 1. The van der Waals surface area contributed by atoms with Crippen molar-refractivity contribution < 1.29 is 14.3 Å². The number of hydrogen-bond donors (Lipinski definition) is 3. The van der Waals surface area contributed by atoms with Crippen molar-refractivity contribution in [3.05, 3.63) is 89.7 Å². The molecule has 7 nitrogen and oxygen atoms in total. The van der Waals surface area contributed by atoms with Gasteiger partial charge in [0.2, 0.25) is 5.91 Å². The van der Waals surface area contributed by atoms with Crippen molar-refractivity contribution in [3.8, 4) is 5.75 Å². The number of pyridine rings is 1. The fraction of sp³-hybridized carbons (Fsp3) is 0.174. The zero-order chi connectivity index (χ0) is 21.2. The van der Waals surface area contributed by atoms with E-state index in [4.69, 9.17) is 4.74 Å². The van der Waals surface area contributed by atoms with Crippen LogP contribution in [0.5, 0.6) is 5.75 Å². The van der Waals surface area contributed by atoms with Gasteiger partial charge in [0, 0.05) is 31.2 Å². The monoisotopic (exact) mass is 404 g/mol. The van der Waals surface area contributed by atoms with E-state index in [-0.39, 0.29) is 18.4 Å². The summed E-state index contributed by atoms with van der Waals surface area (Å²) in [5, 5.41) is 8.46. The van der Waals surface area contributed by atoms with Gasteiger partial charge < -0.3 is 20.7 Å². The molecule has 0 saturated carbocycles. The van der Waals surface area contributed by atoms with Gasteiger partial charge in [0.05, 0.1) is 13.5 Å². The number of hydrogen-bond acceptors (Lipinski definition) is 4. The molecule has 1 aromatic heterocycles. The van der Waals surface area contributed by atoms with Crippen LogP contribution < -0.4 is 20.7 Å². The number of ether oxygens (including phenoxy) is 1. The van der Waals surface area contributed by atoms with Crippen molar-refractivity contribution >= 4 is 17.6 Å². The lowest BCUT2D eigenvalue weighted by Crippen LogP contribution is -2.28. The maximum Gasteiger partial charge on any atom is 0.319 e. The molecule has 3 aromatic rings. The molecule has 0 unspecified atom stereocenters. The van der Waals surface area contributed by atoms with Gasteiger partial charge in [-0.25, -0.2) is 4.79 Å². The zero-order valence-corrected chi connectivity index (χ0v) is 16.7. The average molecular weight is 404 g/mol. The molecule has 0 bridgehead atoms. The van der Waals surface area contributed by atoms with E-state index in [2.05, 4.69) is 20.9 Å². The van der Waals surface area contributed by atoms with Crippen LogP contribution in [0.25, 0.3) is 0 Å². The van der Waals surface area contributed by atoms with E-state index in [1.54, 1.807) is 31.6 Å². The molecule has 0 fully saturated rings. The Morgan fingerprint density at radius 1 is 0.800 bits per heavy atom. The van der Waals surface area contributed by atoms with Crippen LogP contribution in [-0.4, -0.2) is 24.0 Å². The molecule has 0 radical (unpaired) electrons. The molecule has 0 atom stereocenters. The number of carbonyl (C=O) groups excluding carboxylic acids is 2. The van der Waals surface area contributed by atoms with Gasteiger partial charge in [-0.05, 0) is 53.1 Å². The summed E-state index contributed by atoms with van der Waals surface area (Å²) in [5.41, 5.74) is 3.49. The number of rotatable bonds is 8. The standard InChI is InChI=1S/C23H24N4O3/c1-30-21-8-4-18(5-9-21)16-26-23(29)27-20-6-2-17(3-7-20)14-22(28)25-15-19-10-12-24-13-11-19/h2-13H,14-16H2,1H3,(H,25,28)(H2,26,27,29). The zero-order valence-electron chi connectivity index (χ0n) is 16.7. The Morgan fingerprint density at radius 3 is 2.07 bits per heavy atom. The summed E-state index contributed by atoms with van der Waals surface area (Å²) < 4.78 is 5.11. The third-order valence-electron chi connectivity index (χ3n) is 4.43. The van der Waals surface area contributed by atoms with Gasteiger partial charge in [-0.1, -0.05) is 24.3 Å². The van der Waals surface area contributed by atoms with Gasteiger partial charge in [0.15, 0.2) is 0 Å². The van der Waals surface area contributed by atoms with Gasteiger partial charge in [0.1, 0.15) is 5.75 Å². The first kappa shape index (κ1) is 20.9. The number of urea groups is 1. The molecule has 3 N–H and O–H groups in total. The fourth-order valence-electron chi connectivity index (χ4n) is 2.76. The second-order valence-electron chi connectivity index (χ2n) is 6.66. The highest BCUT2D eigenvalue weighted by Crippen LogP contribution is 2.12. The van der Waals surface area contributed by atoms with E-state index >= 15 is 0 Å². The van der Waals surface area contributed by atoms with Crippen LogP contribution in [0.2, 0.25) is 0 Å². The van der Waals surface area contributed by atoms with Gasteiger partial charge in [-0.15, -0.1) is 0 Å². The number of benzene rings is 2. The first-order valence-corrected chi connectivity index (χ1v) is 9.55. The smallest absolute Gasteiger partial charge is 0.319 e. The Kier molecular flexibility index (Phi) is 7.38. The van der Waals surface area contributed by atoms with Gasteiger partial charge in [-0.2, -0.15) is 0 Å². The lowest BCUT2D eigenvalue weighted by atomic mass is 10.1. The van der Waals surface area contributed by atoms with E-state index in [1.165, 1.54) is 0 Å². The van der Waals surface area contributed by atoms with Crippen LogP contribution in [0.4, 0.5) is 10.5 Å². The molecule has 0 aliphatic carbocycles. The van der Waals surface area contributed by atoms with E-state index in [9.17, 15) is 9.59 Å². The lowest BCUT2D eigenvalue weighted by Gasteiger charge is -2.09. The quantitative estimate of drug-likeness (QED) is 0.537. The Balaban J connectivity index is 1.41. The molecule has 0 saturated heterocycles. The molecular weight excluding hydrogens is 380 g/mol. The summed E-state index contributed by atoms with van der Waals surface area (Å²) >= 11 is 0. The van der Waals surface area contributed by atoms with Crippen molar-refractivity contribution in [2.45, 2.75) is 19.5 Å². The average Bonchev–Trinajstić information content (AvgIpc) is 2.79. The maximum absolute atomic E-state index is 12.1. The maximum atomic E-state index is 12.1. The van der Waals surface area contributed by atoms with E-state index in [0.717, 1.165) is 22.4 Å². The normalized spacial score (nSPS) is 10.2. The van der Waals surface area contributed by atoms with E-state index < -0.39 is 0 Å². The van der Waals surface area contributed by atoms with Crippen molar-refractivity contribution in [1.82, 2.24) is 15.6 Å². The van der Waals surface area contributed by atoms with Crippen molar-refractivity contribution in [1.29, 1.82) is 0 Å². The molecule has 1 heterocycles. The summed E-state index contributed by atoms with van der Waals surface area (Å²) in [6.45, 7) is 0.876. The van der Waals surface area contributed by atoms with Crippen LogP contribution >= 0.6 is 0 Å². The molecule has 0 aliphatic rings. The Bertz CT molecular complexity index is 958. The lowest BCUT2D eigenvalue weighted by molar-refractivity contribution is -0.120. The van der Waals surface area contributed by atoms with E-state index in [0.29, 0.717) is 18.8 Å². The highest BCUT2D eigenvalue weighted by Gasteiger charge is 2.06. The third-order valence-corrected chi connectivity index (χ3v) is 4.43. The molecule has 0 spiro atoms. The number of carbonyl (C=O) groups is 2. The molecule has 7 heteroatoms. The minimum absolute atomic E-state index is 0.0650. The Labute approximate surface area is 175 Å². The second-order valence-corrected chi connectivity index (χ2v) is 6.66. The SMILES string of the molecule is COc1ccc(CNC(=O)Nc2ccc(CC(=O)NCc3ccncc3)cc2)cc1. The molecular formula is C23H24N4O3. The topological polar surface area (TPSA) is 92.4 Å². The highest BCUT2D eigenvalue weighted by atomic mass is 16.5. The highest BCUT2D eigenvalue weighted by molar-refractivity contribution is 5.89. The van der Waals surface area contributed by atoms with Crippen molar-refractivity contribution in [3.63, 3.8) is 0 Å². The van der Waals surface area contributed by atoms with Crippen LogP contribution in [0.1, 0.15) is 16.7 Å². The van der Waals surface area contributed by atoms with Crippen molar-refractivity contribution in [2.75, 3.05) is 12.4 Å². The molecule has 3 rings (SSSR count). The number of nitrogens with zero attached hydrogens (tertiary/aromatic N) is 1. The molecule has 3 amide bonds. The molecule has 154 valence electrons. The first-order chi connectivity index (χ1) is 14.6. The van der Waals surface area contributed by atoms with Crippen LogP contribution in [0.15, 0.2) is 73.1 Å². The minimum Gasteiger partial charge on any atom is -0.497 e. The number of amides is 3. The first-order valence-electron chi connectivity index (χ1n) is 9.55. The fourth-order valence-corrected chi connectivity index (χ4v) is 2.76. The van der Waals surface area contributed by atoms with Gasteiger partial charge >= 0.3 is 6.03 Å². The predicted octanol–water partition coefficient (Wildman–Crippen LogP) is 3.27. The number of nitrogens with one attached hydrogen (secondary N) is 3. The van der Waals surface area contributed by atoms with Crippen molar-refractivity contribution in [2.24, 2.45) is 0 Å². The summed E-state index contributed by atoms with van der Waals surface area (Å²) in [6, 6.07) is 18.1. The largest absolute Gasteiger partial charge is 0.497 e. The molecule has 2 aromatic carbocycles. The van der Waals surface area contributed by atoms with Crippen LogP contribution in [0, 0.1) is 0 Å². The second kappa shape index (κ2) is 10.6. The minimum atomic E-state index is -0.298. The van der Waals surface area contributed by atoms with E-state index in [1.807, 2.05) is 48.5 Å². The summed E-state index contributed by atoms with van der Waals surface area (Å²) in [4.78, 5) is 28.1. The van der Waals surface area contributed by atoms with Gasteiger partial charge in [-0.3, -0.25) is 9.78 Å². The third kappa shape index (κ3) is 6.63. The van der Waals surface area contributed by atoms with Crippen LogP contribution in [-0.2, 0) is 24.3 Å². The summed E-state index contributed by atoms with van der Waals surface area (Å²) in [7, 11) is 1.61. The molecule has 30 heavy (non-hydrogen) atoms. The summed E-state index contributed by atoms with van der Waals surface area (Å²) in [6.07, 6.45) is 3.66. The Hall–Kier alpha value is -3.87. The number of anilines is 1. The molecule has 0 aliphatic heterocycles. The number of aromatic nitrogens is 1.